The quantitative estimate of drug-likeness (QED) is 0.896. The summed E-state index contributed by atoms with van der Waals surface area (Å²) in [5, 5.41) is 5.83. The zero-order chi connectivity index (χ0) is 14.8. The fourth-order valence-corrected chi connectivity index (χ4v) is 2.23. The first-order valence-corrected chi connectivity index (χ1v) is 6.64. The second kappa shape index (κ2) is 5.46. The van der Waals surface area contributed by atoms with Crippen molar-refractivity contribution in [1.29, 1.82) is 0 Å². The summed E-state index contributed by atoms with van der Waals surface area (Å²) in [6.45, 7) is -0.108. The van der Waals surface area contributed by atoms with Gasteiger partial charge in [0.1, 0.15) is 0 Å². The zero-order valence-corrected chi connectivity index (χ0v) is 11.6. The Morgan fingerprint density at radius 3 is 2.81 bits per heavy atom. The summed E-state index contributed by atoms with van der Waals surface area (Å²) < 4.78 is 5.35. The molecule has 2 aromatic rings. The smallest absolute Gasteiger partial charge is 0.262 e. The van der Waals surface area contributed by atoms with Crippen molar-refractivity contribution in [2.45, 2.75) is 0 Å². The topological polar surface area (TPSA) is 67.4 Å². The number of ether oxygens (including phenoxy) is 1. The summed E-state index contributed by atoms with van der Waals surface area (Å²) in [6, 6.07) is 11.9. The van der Waals surface area contributed by atoms with Gasteiger partial charge in [0.15, 0.2) is 12.4 Å². The number of carbonyl (C=O) groups is 2. The molecule has 0 spiro atoms. The SMILES string of the molecule is O=C1COc2c(cccc2C(=O)Nc2ccccc2Cl)N1. The van der Waals surface area contributed by atoms with Crippen LogP contribution in [0.1, 0.15) is 10.4 Å². The predicted molar refractivity (Wildman–Crippen MR) is 80.0 cm³/mol. The van der Waals surface area contributed by atoms with Crippen molar-refractivity contribution >= 4 is 34.8 Å². The molecule has 0 unspecified atom stereocenters. The summed E-state index contributed by atoms with van der Waals surface area (Å²) >= 11 is 6.02. The monoisotopic (exact) mass is 302 g/mol. The number of fused-ring (bicyclic) bond motifs is 1. The number of carbonyl (C=O) groups excluding carboxylic acids is 2. The molecule has 1 heterocycles. The largest absolute Gasteiger partial charge is 0.481 e. The van der Waals surface area contributed by atoms with E-state index in [9.17, 15) is 9.59 Å². The van der Waals surface area contributed by atoms with Gasteiger partial charge in [-0.1, -0.05) is 29.8 Å². The van der Waals surface area contributed by atoms with Crippen molar-refractivity contribution in [3.05, 3.63) is 53.1 Å². The summed E-state index contributed by atoms with van der Waals surface area (Å²) in [7, 11) is 0. The van der Waals surface area contributed by atoms with Gasteiger partial charge < -0.3 is 15.4 Å². The highest BCUT2D eigenvalue weighted by molar-refractivity contribution is 6.34. The number of halogens is 1. The van der Waals surface area contributed by atoms with E-state index >= 15 is 0 Å². The number of amides is 2. The normalized spacial score (nSPS) is 12.9. The minimum atomic E-state index is -0.351. The van der Waals surface area contributed by atoms with E-state index in [1.807, 2.05) is 0 Å². The summed E-state index contributed by atoms with van der Waals surface area (Å²) in [5.74, 6) is -0.232. The molecule has 0 aliphatic carbocycles. The average Bonchev–Trinajstić information content (AvgIpc) is 2.48. The number of nitrogens with one attached hydrogen (secondary N) is 2. The van der Waals surface area contributed by atoms with E-state index in [1.54, 1.807) is 42.5 Å². The van der Waals surface area contributed by atoms with Crippen LogP contribution in [0.3, 0.4) is 0 Å². The summed E-state index contributed by atoms with van der Waals surface area (Å²) in [6.07, 6.45) is 0. The van der Waals surface area contributed by atoms with Gasteiger partial charge >= 0.3 is 0 Å². The van der Waals surface area contributed by atoms with Gasteiger partial charge in [-0.2, -0.15) is 0 Å². The van der Waals surface area contributed by atoms with Gasteiger partial charge in [-0.25, -0.2) is 0 Å². The maximum Gasteiger partial charge on any atom is 0.262 e. The number of rotatable bonds is 2. The van der Waals surface area contributed by atoms with Crippen LogP contribution in [0.2, 0.25) is 5.02 Å². The van der Waals surface area contributed by atoms with Crippen molar-refractivity contribution in [3.8, 4) is 5.75 Å². The molecular weight excluding hydrogens is 292 g/mol. The van der Waals surface area contributed by atoms with E-state index in [0.717, 1.165) is 0 Å². The van der Waals surface area contributed by atoms with Crippen LogP contribution in [0.5, 0.6) is 5.75 Å². The number of hydrogen-bond acceptors (Lipinski definition) is 3. The minimum absolute atomic E-state index is 0.108. The molecule has 2 N–H and O–H groups in total. The second-order valence-corrected chi connectivity index (χ2v) is 4.86. The molecule has 0 saturated carbocycles. The molecule has 106 valence electrons. The van der Waals surface area contributed by atoms with Crippen molar-refractivity contribution in [2.75, 3.05) is 17.2 Å². The highest BCUT2D eigenvalue weighted by Crippen LogP contribution is 2.32. The Morgan fingerprint density at radius 2 is 2.00 bits per heavy atom. The van der Waals surface area contributed by atoms with Crippen molar-refractivity contribution in [2.24, 2.45) is 0 Å². The molecule has 2 aromatic carbocycles. The molecule has 0 atom stereocenters. The zero-order valence-electron chi connectivity index (χ0n) is 10.9. The Morgan fingerprint density at radius 1 is 1.19 bits per heavy atom. The second-order valence-electron chi connectivity index (χ2n) is 4.45. The average molecular weight is 303 g/mol. The standard InChI is InChI=1S/C15H11ClN2O3/c16-10-5-1-2-6-11(10)18-15(20)9-4-3-7-12-14(9)21-8-13(19)17-12/h1-7H,8H2,(H,17,19)(H,18,20). The molecule has 5 nitrogen and oxygen atoms in total. The van der Waals surface area contributed by atoms with Gasteiger partial charge in [0, 0.05) is 0 Å². The molecule has 21 heavy (non-hydrogen) atoms. The molecule has 0 fully saturated rings. The third-order valence-electron chi connectivity index (χ3n) is 3.00. The maximum atomic E-state index is 12.4. The lowest BCUT2D eigenvalue weighted by molar-refractivity contribution is -0.118. The van der Waals surface area contributed by atoms with Crippen LogP contribution in [-0.2, 0) is 4.79 Å². The third-order valence-corrected chi connectivity index (χ3v) is 3.33. The molecule has 0 aromatic heterocycles. The molecule has 3 rings (SSSR count). The molecular formula is C15H11ClN2O3. The Kier molecular flexibility index (Phi) is 3.50. The summed E-state index contributed by atoms with van der Waals surface area (Å²) in [4.78, 5) is 23.6. The first-order valence-electron chi connectivity index (χ1n) is 6.26. The van der Waals surface area contributed by atoms with Crippen LogP contribution in [0.25, 0.3) is 0 Å². The van der Waals surface area contributed by atoms with Crippen LogP contribution in [0.4, 0.5) is 11.4 Å². The van der Waals surface area contributed by atoms with Crippen molar-refractivity contribution in [1.82, 2.24) is 0 Å². The number of anilines is 2. The van der Waals surface area contributed by atoms with E-state index in [-0.39, 0.29) is 18.4 Å². The van der Waals surface area contributed by atoms with Gasteiger partial charge in [0.25, 0.3) is 11.8 Å². The van der Waals surface area contributed by atoms with E-state index in [2.05, 4.69) is 10.6 Å². The molecule has 0 bridgehead atoms. The van der Waals surface area contributed by atoms with E-state index in [4.69, 9.17) is 16.3 Å². The highest BCUT2D eigenvalue weighted by Gasteiger charge is 2.22. The van der Waals surface area contributed by atoms with Crippen LogP contribution < -0.4 is 15.4 Å². The Bertz CT molecular complexity index is 731. The number of hydrogen-bond donors (Lipinski definition) is 2. The molecule has 1 aliphatic heterocycles. The first kappa shape index (κ1) is 13.5. The molecule has 1 aliphatic rings. The van der Waals surface area contributed by atoms with Gasteiger partial charge in [0.05, 0.1) is 22.0 Å². The van der Waals surface area contributed by atoms with Crippen LogP contribution in [-0.4, -0.2) is 18.4 Å². The van der Waals surface area contributed by atoms with Gasteiger partial charge in [-0.05, 0) is 24.3 Å². The summed E-state index contributed by atoms with van der Waals surface area (Å²) in [5.41, 5.74) is 1.34. The lowest BCUT2D eigenvalue weighted by Crippen LogP contribution is -2.27. The Balaban J connectivity index is 1.91. The fourth-order valence-electron chi connectivity index (χ4n) is 2.05. The number of benzene rings is 2. The fraction of sp³-hybridized carbons (Fsp3) is 0.0667. The van der Waals surface area contributed by atoms with E-state index in [0.29, 0.717) is 27.7 Å². The molecule has 0 saturated heterocycles. The van der Waals surface area contributed by atoms with Crippen molar-refractivity contribution < 1.29 is 14.3 Å². The van der Waals surface area contributed by atoms with Gasteiger partial charge in [-0.15, -0.1) is 0 Å². The lowest BCUT2D eigenvalue weighted by Gasteiger charge is -2.20. The third kappa shape index (κ3) is 2.68. The van der Waals surface area contributed by atoms with Gasteiger partial charge in [-0.3, -0.25) is 9.59 Å². The predicted octanol–water partition coefficient (Wildman–Crippen LogP) is 2.92. The van der Waals surface area contributed by atoms with Crippen LogP contribution in [0, 0.1) is 0 Å². The van der Waals surface area contributed by atoms with Crippen LogP contribution in [0.15, 0.2) is 42.5 Å². The van der Waals surface area contributed by atoms with Gasteiger partial charge in [0.2, 0.25) is 0 Å². The lowest BCUT2D eigenvalue weighted by atomic mass is 10.1. The Hall–Kier alpha value is -2.53. The van der Waals surface area contributed by atoms with Crippen LogP contribution >= 0.6 is 11.6 Å². The highest BCUT2D eigenvalue weighted by atomic mass is 35.5. The number of para-hydroxylation sites is 2. The van der Waals surface area contributed by atoms with Crippen molar-refractivity contribution in [3.63, 3.8) is 0 Å². The molecule has 6 heteroatoms. The molecule has 0 radical (unpaired) electrons. The first-order chi connectivity index (χ1) is 10.1. The maximum absolute atomic E-state index is 12.4. The van der Waals surface area contributed by atoms with E-state index < -0.39 is 0 Å². The molecule has 2 amide bonds. The Labute approximate surface area is 125 Å². The van der Waals surface area contributed by atoms with E-state index in [1.165, 1.54) is 0 Å². The minimum Gasteiger partial charge on any atom is -0.481 e.